The number of benzene rings is 3. The number of para-hydroxylation sites is 1. The largest absolute Gasteiger partial charge is 0.487 e. The highest BCUT2D eigenvalue weighted by atomic mass is 16.5. The average Bonchev–Trinajstić information content (AvgIpc) is 3.25. The first-order valence-electron chi connectivity index (χ1n) is 10.4. The van der Waals surface area contributed by atoms with Crippen molar-refractivity contribution in [2.24, 2.45) is 0 Å². The molecule has 0 amide bonds. The molecule has 1 N–H and O–H groups in total. The number of rotatable bonds is 6. The highest BCUT2D eigenvalue weighted by Gasteiger charge is 2.10. The number of hydrogen-bond donors (Lipinski definition) is 1. The third-order valence-electron chi connectivity index (χ3n) is 5.55. The van der Waals surface area contributed by atoms with Crippen molar-refractivity contribution in [1.29, 1.82) is 0 Å². The maximum Gasteiger partial charge on any atom is 0.337 e. The molecule has 5 nitrogen and oxygen atoms in total. The SMILES string of the molecule is COC(=O)c1ccc2[nH]cc(Cc3ccc(OCc4ccc5ccccc5n4)cc3)c2c1. The molecule has 32 heavy (non-hydrogen) atoms. The van der Waals surface area contributed by atoms with E-state index in [4.69, 9.17) is 9.47 Å². The maximum absolute atomic E-state index is 11.9. The van der Waals surface area contributed by atoms with Crippen LogP contribution in [0.2, 0.25) is 0 Å². The summed E-state index contributed by atoms with van der Waals surface area (Å²) in [6.45, 7) is 0.420. The summed E-state index contributed by atoms with van der Waals surface area (Å²) in [7, 11) is 1.39. The van der Waals surface area contributed by atoms with Gasteiger partial charge in [-0.25, -0.2) is 9.78 Å². The van der Waals surface area contributed by atoms with Gasteiger partial charge < -0.3 is 14.5 Å². The van der Waals surface area contributed by atoms with Gasteiger partial charge in [0.15, 0.2) is 0 Å². The number of fused-ring (bicyclic) bond motifs is 2. The van der Waals surface area contributed by atoms with Gasteiger partial charge in [-0.05, 0) is 60.0 Å². The van der Waals surface area contributed by atoms with E-state index in [-0.39, 0.29) is 5.97 Å². The summed E-state index contributed by atoms with van der Waals surface area (Å²) < 4.78 is 10.8. The smallest absolute Gasteiger partial charge is 0.337 e. The third-order valence-corrected chi connectivity index (χ3v) is 5.55. The number of carbonyl (C=O) groups is 1. The van der Waals surface area contributed by atoms with Crippen molar-refractivity contribution in [3.8, 4) is 5.75 Å². The number of ether oxygens (including phenoxy) is 2. The van der Waals surface area contributed by atoms with Gasteiger partial charge >= 0.3 is 5.97 Å². The van der Waals surface area contributed by atoms with Crippen LogP contribution in [0.3, 0.4) is 0 Å². The fourth-order valence-corrected chi connectivity index (χ4v) is 3.84. The van der Waals surface area contributed by atoms with Crippen molar-refractivity contribution in [3.05, 3.63) is 107 Å². The lowest BCUT2D eigenvalue weighted by Crippen LogP contribution is -2.00. The molecule has 0 saturated carbocycles. The van der Waals surface area contributed by atoms with Crippen LogP contribution in [-0.2, 0) is 17.8 Å². The van der Waals surface area contributed by atoms with Gasteiger partial charge in [-0.1, -0.05) is 36.4 Å². The van der Waals surface area contributed by atoms with Gasteiger partial charge in [0.2, 0.25) is 0 Å². The molecule has 0 unspecified atom stereocenters. The summed E-state index contributed by atoms with van der Waals surface area (Å²) in [6.07, 6.45) is 2.73. The molecule has 5 heteroatoms. The number of pyridine rings is 1. The fourth-order valence-electron chi connectivity index (χ4n) is 3.84. The number of aromatic nitrogens is 2. The van der Waals surface area contributed by atoms with Gasteiger partial charge in [-0.15, -0.1) is 0 Å². The molecule has 0 fully saturated rings. The van der Waals surface area contributed by atoms with Crippen LogP contribution in [0, 0.1) is 0 Å². The molecule has 0 aliphatic carbocycles. The lowest BCUT2D eigenvalue weighted by Gasteiger charge is -2.08. The van der Waals surface area contributed by atoms with Crippen LogP contribution in [0.25, 0.3) is 21.8 Å². The van der Waals surface area contributed by atoms with Crippen molar-refractivity contribution in [2.75, 3.05) is 7.11 Å². The number of H-pyrrole nitrogens is 1. The van der Waals surface area contributed by atoms with E-state index in [1.54, 1.807) is 6.07 Å². The summed E-state index contributed by atoms with van der Waals surface area (Å²) in [6, 6.07) is 25.7. The van der Waals surface area contributed by atoms with Crippen molar-refractivity contribution in [1.82, 2.24) is 9.97 Å². The quantitative estimate of drug-likeness (QED) is 0.358. The van der Waals surface area contributed by atoms with E-state index in [1.165, 1.54) is 7.11 Å². The van der Waals surface area contributed by atoms with E-state index in [0.29, 0.717) is 12.2 Å². The van der Waals surface area contributed by atoms with E-state index >= 15 is 0 Å². The van der Waals surface area contributed by atoms with E-state index < -0.39 is 0 Å². The van der Waals surface area contributed by atoms with Crippen LogP contribution in [-0.4, -0.2) is 23.0 Å². The van der Waals surface area contributed by atoms with Crippen LogP contribution in [0.1, 0.15) is 27.2 Å². The standard InChI is InChI=1S/C27H22N2O3/c1-31-27(30)20-9-13-26-24(15-20)21(16-28-26)14-18-6-11-23(12-7-18)32-17-22-10-8-19-4-2-3-5-25(19)29-22/h2-13,15-16,28H,14,17H2,1H3. The van der Waals surface area contributed by atoms with Crippen molar-refractivity contribution in [3.63, 3.8) is 0 Å². The maximum atomic E-state index is 11.9. The zero-order valence-electron chi connectivity index (χ0n) is 17.7. The van der Waals surface area contributed by atoms with Crippen molar-refractivity contribution in [2.45, 2.75) is 13.0 Å². The predicted octanol–water partition coefficient (Wildman–Crippen LogP) is 5.67. The number of nitrogens with one attached hydrogen (secondary N) is 1. The van der Waals surface area contributed by atoms with E-state index in [9.17, 15) is 4.79 Å². The van der Waals surface area contributed by atoms with E-state index in [2.05, 4.69) is 34.2 Å². The summed E-state index contributed by atoms with van der Waals surface area (Å²) in [5.74, 6) is 0.470. The molecule has 0 aliphatic heterocycles. The molecule has 0 aliphatic rings. The Labute approximate surface area is 185 Å². The predicted molar refractivity (Wildman–Crippen MR) is 125 cm³/mol. The highest BCUT2D eigenvalue weighted by molar-refractivity contribution is 5.95. The normalized spacial score (nSPS) is 11.0. The minimum Gasteiger partial charge on any atom is -0.487 e. The number of aromatic amines is 1. The number of carbonyl (C=O) groups excluding carboxylic acids is 1. The summed E-state index contributed by atoms with van der Waals surface area (Å²) >= 11 is 0. The Kier molecular flexibility index (Phi) is 5.30. The van der Waals surface area contributed by atoms with Gasteiger partial charge in [0.05, 0.1) is 23.9 Å². The molecular formula is C27H22N2O3. The van der Waals surface area contributed by atoms with Crippen LogP contribution >= 0.6 is 0 Å². The molecule has 0 spiro atoms. The Morgan fingerprint density at radius 3 is 2.66 bits per heavy atom. The van der Waals surface area contributed by atoms with E-state index in [1.807, 2.05) is 54.7 Å². The first-order valence-corrected chi connectivity index (χ1v) is 10.4. The summed E-state index contributed by atoms with van der Waals surface area (Å²) in [5, 5.41) is 2.15. The zero-order valence-corrected chi connectivity index (χ0v) is 17.7. The minimum atomic E-state index is -0.332. The average molecular weight is 422 g/mol. The second kappa shape index (κ2) is 8.55. The molecule has 0 radical (unpaired) electrons. The molecule has 5 rings (SSSR count). The number of methoxy groups -OCH3 is 1. The van der Waals surface area contributed by atoms with Gasteiger partial charge in [-0.3, -0.25) is 0 Å². The molecule has 0 atom stereocenters. The Morgan fingerprint density at radius 2 is 1.81 bits per heavy atom. The topological polar surface area (TPSA) is 64.2 Å². The number of nitrogens with zero attached hydrogens (tertiary/aromatic N) is 1. The Balaban J connectivity index is 1.28. The lowest BCUT2D eigenvalue weighted by atomic mass is 10.0. The second-order valence-electron chi connectivity index (χ2n) is 7.67. The first kappa shape index (κ1) is 19.8. The van der Waals surface area contributed by atoms with Gasteiger partial charge in [0, 0.05) is 22.5 Å². The minimum absolute atomic E-state index is 0.332. The first-order chi connectivity index (χ1) is 15.7. The molecule has 2 aromatic heterocycles. The van der Waals surface area contributed by atoms with Gasteiger partial charge in [0.1, 0.15) is 12.4 Å². The summed E-state index contributed by atoms with van der Waals surface area (Å²) in [4.78, 5) is 19.8. The molecule has 2 heterocycles. The molecule has 5 aromatic rings. The van der Waals surface area contributed by atoms with Crippen molar-refractivity contribution >= 4 is 27.8 Å². The summed E-state index contributed by atoms with van der Waals surface area (Å²) in [5.41, 5.74) is 5.69. The Morgan fingerprint density at radius 1 is 0.969 bits per heavy atom. The fraction of sp³-hybridized carbons (Fsp3) is 0.111. The monoisotopic (exact) mass is 422 g/mol. The number of esters is 1. The Bertz CT molecular complexity index is 1400. The molecule has 0 saturated heterocycles. The number of hydrogen-bond acceptors (Lipinski definition) is 4. The third kappa shape index (κ3) is 4.05. The lowest BCUT2D eigenvalue weighted by molar-refractivity contribution is 0.0601. The highest BCUT2D eigenvalue weighted by Crippen LogP contribution is 2.24. The van der Waals surface area contributed by atoms with Crippen LogP contribution in [0.5, 0.6) is 5.75 Å². The zero-order chi connectivity index (χ0) is 21.9. The molecule has 3 aromatic carbocycles. The van der Waals surface area contributed by atoms with Crippen LogP contribution in [0.15, 0.2) is 85.1 Å². The molecular weight excluding hydrogens is 400 g/mol. The van der Waals surface area contributed by atoms with Crippen LogP contribution in [0.4, 0.5) is 0 Å². The van der Waals surface area contributed by atoms with Gasteiger partial charge in [-0.2, -0.15) is 0 Å². The van der Waals surface area contributed by atoms with E-state index in [0.717, 1.165) is 50.8 Å². The van der Waals surface area contributed by atoms with Crippen LogP contribution < -0.4 is 4.74 Å². The second-order valence-corrected chi connectivity index (χ2v) is 7.67. The Hall–Kier alpha value is -4.12. The van der Waals surface area contributed by atoms with Crippen molar-refractivity contribution < 1.29 is 14.3 Å². The van der Waals surface area contributed by atoms with Gasteiger partial charge in [0.25, 0.3) is 0 Å². The molecule has 158 valence electrons. The molecule has 0 bridgehead atoms.